The van der Waals surface area contributed by atoms with Gasteiger partial charge >= 0.3 is 65.8 Å². The summed E-state index contributed by atoms with van der Waals surface area (Å²) in [6, 6.07) is 0. The molecule has 1 N–H and O–H groups in total. The van der Waals surface area contributed by atoms with Crippen molar-refractivity contribution in [1.29, 1.82) is 0 Å². The van der Waals surface area contributed by atoms with E-state index in [1.807, 2.05) is 41.5 Å². The molecular formula is C17H36B2Cl2F3KO3. The summed E-state index contributed by atoms with van der Waals surface area (Å²) in [5, 5.41) is 5.97. The normalized spacial score (nSPS) is 18.6. The van der Waals surface area contributed by atoms with Crippen LogP contribution in [-0.2, 0) is 9.31 Å². The van der Waals surface area contributed by atoms with Gasteiger partial charge in [-0.05, 0) is 52.4 Å². The third-order valence-corrected chi connectivity index (χ3v) is 4.99. The van der Waals surface area contributed by atoms with E-state index in [1.165, 1.54) is 0 Å². The summed E-state index contributed by atoms with van der Waals surface area (Å²) in [5.74, 6) is 0.813. The molecule has 0 amide bonds. The van der Waals surface area contributed by atoms with Crippen LogP contribution >= 0.6 is 23.2 Å². The van der Waals surface area contributed by atoms with E-state index in [9.17, 15) is 8.63 Å². The third-order valence-electron chi connectivity index (χ3n) is 4.23. The summed E-state index contributed by atoms with van der Waals surface area (Å²) >= 11 is 11.5. The van der Waals surface area contributed by atoms with E-state index in [2.05, 4.69) is 13.8 Å². The molecule has 0 aromatic rings. The van der Waals surface area contributed by atoms with Gasteiger partial charge in [0, 0.05) is 7.11 Å². The smallest absolute Gasteiger partial charge is 1.00 e. The van der Waals surface area contributed by atoms with Crippen LogP contribution in [0.1, 0.15) is 68.2 Å². The van der Waals surface area contributed by atoms with Crippen LogP contribution in [-0.4, -0.2) is 48.4 Å². The molecule has 164 valence electrons. The molecule has 1 fully saturated rings. The fourth-order valence-electron chi connectivity index (χ4n) is 2.15. The number of hydrogen-bond donors (Lipinski definition) is 1. The third kappa shape index (κ3) is 14.9. The Morgan fingerprint density at radius 3 is 1.43 bits per heavy atom. The van der Waals surface area contributed by atoms with Crippen molar-refractivity contribution in [3.05, 3.63) is 0 Å². The largest absolute Gasteiger partial charge is 1.00 e. The summed E-state index contributed by atoms with van der Waals surface area (Å²) in [6.45, 7) is 16.2. The molecule has 3 nitrogen and oxygen atoms in total. The van der Waals surface area contributed by atoms with Crippen molar-refractivity contribution in [2.75, 3.05) is 7.11 Å². The van der Waals surface area contributed by atoms with Crippen molar-refractivity contribution in [3.8, 4) is 0 Å². The Bertz CT molecular complexity index is 368. The number of rotatable bonds is 6. The minimum atomic E-state index is -2.38. The molecule has 0 saturated carbocycles. The van der Waals surface area contributed by atoms with Gasteiger partial charge in [-0.25, -0.2) is 0 Å². The molecule has 1 aliphatic rings. The number of aliphatic hydroxyl groups is 1. The molecule has 0 spiro atoms. The minimum absolute atomic E-state index is 0. The van der Waals surface area contributed by atoms with E-state index in [0.29, 0.717) is 12.3 Å². The van der Waals surface area contributed by atoms with Gasteiger partial charge < -0.3 is 19.1 Å². The zero-order valence-corrected chi connectivity index (χ0v) is 23.7. The van der Waals surface area contributed by atoms with E-state index in [-0.39, 0.29) is 85.6 Å². The Hall–Kier alpha value is 2.02. The molecule has 0 aromatic heterocycles. The van der Waals surface area contributed by atoms with Gasteiger partial charge in [-0.1, -0.05) is 27.7 Å². The molecule has 1 heterocycles. The van der Waals surface area contributed by atoms with Crippen LogP contribution < -0.4 is 56.1 Å². The Balaban J connectivity index is -0.000000194. The maximum atomic E-state index is 11.7. The average molecular weight is 477 g/mol. The monoisotopic (exact) mass is 476 g/mol. The zero-order chi connectivity index (χ0) is 21.3. The van der Waals surface area contributed by atoms with Gasteiger partial charge in [-0.15, -0.1) is 23.2 Å². The quantitative estimate of drug-likeness (QED) is 0.415. The summed E-state index contributed by atoms with van der Waals surface area (Å²) < 4.78 is 35.1. The average Bonchev–Trinajstić information content (AvgIpc) is 2.69. The Labute approximate surface area is 223 Å². The van der Waals surface area contributed by atoms with Gasteiger partial charge in [0.25, 0.3) is 0 Å². The van der Waals surface area contributed by atoms with Crippen molar-refractivity contribution in [2.45, 2.75) is 90.0 Å². The first kappa shape index (κ1) is 37.3. The van der Waals surface area contributed by atoms with E-state index < -0.39 is 12.5 Å². The van der Waals surface area contributed by atoms with Crippen molar-refractivity contribution in [3.63, 3.8) is 0 Å². The van der Waals surface area contributed by atoms with E-state index in [1.54, 1.807) is 0 Å². The first-order valence-electron chi connectivity index (χ1n) is 9.06. The second-order valence-corrected chi connectivity index (χ2v) is 9.37. The molecular weight excluding hydrogens is 441 g/mol. The molecule has 0 bridgehead atoms. The van der Waals surface area contributed by atoms with Gasteiger partial charge in [0.1, 0.15) is 0 Å². The van der Waals surface area contributed by atoms with Gasteiger partial charge in [-0.2, -0.15) is 0 Å². The van der Waals surface area contributed by atoms with Crippen molar-refractivity contribution >= 4 is 37.6 Å². The molecule has 1 saturated heterocycles. The SMILES string of the molecule is CC(C)CC(Cl)B(F)F.CC(C)CC(Cl)B1OC(C)(C)C(C)(C)O1.CO.[F-].[K+]. The van der Waals surface area contributed by atoms with Crippen LogP contribution in [0.15, 0.2) is 0 Å². The molecule has 0 radical (unpaired) electrons. The topological polar surface area (TPSA) is 38.7 Å². The molecule has 1 rings (SSSR count). The van der Waals surface area contributed by atoms with Gasteiger partial charge in [0.2, 0.25) is 0 Å². The van der Waals surface area contributed by atoms with Crippen molar-refractivity contribution < 1.29 is 79.1 Å². The first-order valence-corrected chi connectivity index (χ1v) is 9.93. The summed E-state index contributed by atoms with van der Waals surface area (Å²) in [5.41, 5.74) is -0.552. The van der Waals surface area contributed by atoms with Gasteiger partial charge in [-0.3, -0.25) is 8.63 Å². The van der Waals surface area contributed by atoms with Crippen LogP contribution in [0.4, 0.5) is 8.63 Å². The molecule has 0 aromatic carbocycles. The predicted molar refractivity (Wildman–Crippen MR) is 110 cm³/mol. The Morgan fingerprint density at radius 2 is 1.21 bits per heavy atom. The number of alkyl halides is 2. The molecule has 28 heavy (non-hydrogen) atoms. The number of halogens is 5. The zero-order valence-electron chi connectivity index (χ0n) is 19.0. The van der Waals surface area contributed by atoms with Crippen LogP contribution in [0, 0.1) is 11.8 Å². The first-order chi connectivity index (χ1) is 11.7. The molecule has 1 aliphatic heterocycles. The van der Waals surface area contributed by atoms with Crippen LogP contribution in [0.2, 0.25) is 0 Å². The van der Waals surface area contributed by atoms with E-state index in [4.69, 9.17) is 37.6 Å². The van der Waals surface area contributed by atoms with Crippen molar-refractivity contribution in [2.24, 2.45) is 11.8 Å². The summed E-state index contributed by atoms with van der Waals surface area (Å²) in [6.07, 6.45) is 1.30. The Morgan fingerprint density at radius 1 is 0.893 bits per heavy atom. The molecule has 0 aliphatic carbocycles. The van der Waals surface area contributed by atoms with Crippen LogP contribution in [0.25, 0.3) is 0 Å². The number of hydrogen-bond acceptors (Lipinski definition) is 3. The second-order valence-electron chi connectivity index (χ2n) is 8.25. The fraction of sp³-hybridized carbons (Fsp3) is 1.00. The van der Waals surface area contributed by atoms with Crippen molar-refractivity contribution in [1.82, 2.24) is 0 Å². The maximum absolute atomic E-state index is 11.7. The van der Waals surface area contributed by atoms with E-state index in [0.717, 1.165) is 13.5 Å². The van der Waals surface area contributed by atoms with E-state index >= 15 is 0 Å². The maximum Gasteiger partial charge on any atom is 1.00 e. The van der Waals surface area contributed by atoms with Crippen LogP contribution in [0.3, 0.4) is 0 Å². The number of aliphatic hydroxyl groups excluding tert-OH is 1. The standard InChI is InChI=1S/C11H22BClO2.C5H10BClF2.CH4O.FH.K/c1-8(2)7-9(13)12-14-10(3,4)11(5,6)15-12;1-4(2)3-5(7)6(8)9;1-2;;/h8-9H,7H2,1-6H3;4-5H,3H2,1-2H3;2H,1H3;1H;/q;;;;+1/p-1. The molecule has 2 unspecified atom stereocenters. The fourth-order valence-corrected chi connectivity index (χ4v) is 2.97. The predicted octanol–water partition coefficient (Wildman–Crippen LogP) is -0.506. The van der Waals surface area contributed by atoms with Gasteiger partial charge in [0.05, 0.1) is 21.8 Å². The second kappa shape index (κ2) is 17.6. The molecule has 2 atom stereocenters. The Kier molecular flexibility index (Phi) is 23.4. The van der Waals surface area contributed by atoms with Gasteiger partial charge in [0.15, 0.2) is 0 Å². The van der Waals surface area contributed by atoms with Crippen LogP contribution in [0.5, 0.6) is 0 Å². The molecule has 11 heteroatoms. The summed E-state index contributed by atoms with van der Waals surface area (Å²) in [7, 11) is -1.66. The summed E-state index contributed by atoms with van der Waals surface area (Å²) in [4.78, 5) is 0. The minimum Gasteiger partial charge on any atom is -1.00 e.